The number of likely N-dealkylation sites (N-methyl/N-ethyl adjacent to an activating group) is 1. The van der Waals surface area contributed by atoms with E-state index in [1.54, 1.807) is 24.1 Å². The Balaban J connectivity index is 1.95. The average molecular weight is 480 g/mol. The van der Waals surface area contributed by atoms with Gasteiger partial charge in [0, 0.05) is 28.0 Å². The molecule has 0 heterocycles. The minimum absolute atomic E-state index is 0.0312. The second kappa shape index (κ2) is 10.8. The van der Waals surface area contributed by atoms with Crippen LogP contribution in [0.25, 0.3) is 0 Å². The van der Waals surface area contributed by atoms with Gasteiger partial charge in [0.1, 0.15) is 0 Å². The van der Waals surface area contributed by atoms with Crippen LogP contribution < -0.4 is 24.8 Å². The molecule has 30 heavy (non-hydrogen) atoms. The molecular weight excluding hydrogens is 454 g/mol. The van der Waals surface area contributed by atoms with Gasteiger partial charge < -0.3 is 24.8 Å². The molecule has 0 aliphatic heterocycles. The monoisotopic (exact) mass is 479 g/mol. The highest BCUT2D eigenvalue weighted by molar-refractivity contribution is 9.10. The minimum atomic E-state index is -0.278. The first kappa shape index (κ1) is 23.5. The number of hydrogen-bond donors (Lipinski definition) is 2. The van der Waals surface area contributed by atoms with Gasteiger partial charge in [0.05, 0.1) is 34.4 Å². The average Bonchev–Trinajstić information content (AvgIpc) is 2.68. The molecule has 0 fully saturated rings. The predicted molar refractivity (Wildman–Crippen MR) is 120 cm³/mol. The van der Waals surface area contributed by atoms with Gasteiger partial charge in [-0.05, 0) is 37.7 Å². The van der Waals surface area contributed by atoms with Crippen LogP contribution in [0.1, 0.15) is 5.56 Å². The summed E-state index contributed by atoms with van der Waals surface area (Å²) in [7, 11) is 6.21. The molecule has 0 spiro atoms. The van der Waals surface area contributed by atoms with Crippen LogP contribution in [0.15, 0.2) is 34.8 Å². The molecule has 2 N–H and O–H groups in total. The Bertz CT molecular complexity index is 895. The van der Waals surface area contributed by atoms with Gasteiger partial charge in [-0.2, -0.15) is 0 Å². The van der Waals surface area contributed by atoms with E-state index in [1.807, 2.05) is 25.1 Å². The second-order valence-electron chi connectivity index (χ2n) is 6.64. The number of carbonyl (C=O) groups excluding carboxylic acids is 2. The van der Waals surface area contributed by atoms with Crippen molar-refractivity contribution < 1.29 is 23.8 Å². The molecular formula is C21H26BrN3O5. The normalized spacial score (nSPS) is 10.5. The lowest BCUT2D eigenvalue weighted by Crippen LogP contribution is -2.36. The standard InChI is InChI=1S/C21H26BrN3O5/c1-13-8-14(22)6-7-16(13)24-20(27)12-25(2)11-19(26)23-15-9-17(28-3)21(30-5)18(10-15)29-4/h6-10H,11-12H2,1-5H3,(H,23,26)(H,24,27). The highest BCUT2D eigenvalue weighted by atomic mass is 79.9. The first-order valence-corrected chi connectivity index (χ1v) is 9.91. The Morgan fingerprint density at radius 2 is 1.50 bits per heavy atom. The number of halogens is 1. The molecule has 2 aromatic rings. The summed E-state index contributed by atoms with van der Waals surface area (Å²) in [6, 6.07) is 8.89. The maximum absolute atomic E-state index is 12.4. The Labute approximate surface area is 184 Å². The number of nitrogens with zero attached hydrogens (tertiary/aromatic N) is 1. The van der Waals surface area contributed by atoms with Crippen LogP contribution in [0.5, 0.6) is 17.2 Å². The van der Waals surface area contributed by atoms with Gasteiger partial charge in [-0.25, -0.2) is 0 Å². The molecule has 0 saturated carbocycles. The lowest BCUT2D eigenvalue weighted by Gasteiger charge is -2.18. The van der Waals surface area contributed by atoms with Crippen LogP contribution in [-0.4, -0.2) is 58.2 Å². The van der Waals surface area contributed by atoms with Crippen LogP contribution in [-0.2, 0) is 9.59 Å². The molecule has 8 nitrogen and oxygen atoms in total. The van der Waals surface area contributed by atoms with Crippen molar-refractivity contribution in [1.29, 1.82) is 0 Å². The summed E-state index contributed by atoms with van der Waals surface area (Å²) >= 11 is 3.40. The van der Waals surface area contributed by atoms with Gasteiger partial charge in [-0.3, -0.25) is 14.5 Å². The molecule has 0 saturated heterocycles. The molecule has 0 atom stereocenters. The molecule has 0 unspecified atom stereocenters. The lowest BCUT2D eigenvalue weighted by molar-refractivity contribution is -0.119. The second-order valence-corrected chi connectivity index (χ2v) is 7.56. The molecule has 2 amide bonds. The smallest absolute Gasteiger partial charge is 0.238 e. The summed E-state index contributed by atoms with van der Waals surface area (Å²) in [4.78, 5) is 26.3. The van der Waals surface area contributed by atoms with E-state index in [4.69, 9.17) is 14.2 Å². The summed E-state index contributed by atoms with van der Waals surface area (Å²) in [5, 5.41) is 5.63. The lowest BCUT2D eigenvalue weighted by atomic mass is 10.2. The highest BCUT2D eigenvalue weighted by Crippen LogP contribution is 2.39. The van der Waals surface area contributed by atoms with Crippen molar-refractivity contribution in [3.8, 4) is 17.2 Å². The fourth-order valence-electron chi connectivity index (χ4n) is 2.86. The third-order valence-corrected chi connectivity index (χ3v) is 4.73. The number of aryl methyl sites for hydroxylation is 1. The first-order valence-electron chi connectivity index (χ1n) is 9.11. The van der Waals surface area contributed by atoms with Crippen LogP contribution in [0, 0.1) is 6.92 Å². The molecule has 0 aromatic heterocycles. The number of anilines is 2. The molecule has 2 rings (SSSR count). The Kier molecular flexibility index (Phi) is 8.49. The number of hydrogen-bond acceptors (Lipinski definition) is 6. The van der Waals surface area contributed by atoms with Gasteiger partial charge in [-0.1, -0.05) is 15.9 Å². The van der Waals surface area contributed by atoms with E-state index < -0.39 is 0 Å². The summed E-state index contributed by atoms with van der Waals surface area (Å²) in [5.41, 5.74) is 2.18. The molecule has 0 aliphatic rings. The van der Waals surface area contributed by atoms with Crippen LogP contribution in [0.2, 0.25) is 0 Å². The van der Waals surface area contributed by atoms with E-state index in [0.717, 1.165) is 15.7 Å². The molecule has 9 heteroatoms. The quantitative estimate of drug-likeness (QED) is 0.573. The highest BCUT2D eigenvalue weighted by Gasteiger charge is 2.16. The van der Waals surface area contributed by atoms with E-state index >= 15 is 0 Å². The molecule has 0 aliphatic carbocycles. The van der Waals surface area contributed by atoms with Crippen molar-refractivity contribution in [1.82, 2.24) is 4.90 Å². The van der Waals surface area contributed by atoms with Crippen molar-refractivity contribution in [3.05, 3.63) is 40.4 Å². The minimum Gasteiger partial charge on any atom is -0.493 e. The van der Waals surface area contributed by atoms with Crippen LogP contribution >= 0.6 is 15.9 Å². The number of ether oxygens (including phenoxy) is 3. The zero-order chi connectivity index (χ0) is 22.3. The van der Waals surface area contributed by atoms with E-state index in [-0.39, 0.29) is 24.9 Å². The molecule has 162 valence electrons. The summed E-state index contributed by atoms with van der Waals surface area (Å²) in [5.74, 6) is 0.826. The molecule has 2 aromatic carbocycles. The van der Waals surface area contributed by atoms with Crippen molar-refractivity contribution in [2.75, 3.05) is 52.1 Å². The number of nitrogens with one attached hydrogen (secondary N) is 2. The third kappa shape index (κ3) is 6.36. The van der Waals surface area contributed by atoms with E-state index in [0.29, 0.717) is 22.9 Å². The predicted octanol–water partition coefficient (Wildman–Crippen LogP) is 3.29. The number of carbonyl (C=O) groups is 2. The fourth-order valence-corrected chi connectivity index (χ4v) is 3.33. The number of benzene rings is 2. The topological polar surface area (TPSA) is 89.1 Å². The largest absolute Gasteiger partial charge is 0.493 e. The van der Waals surface area contributed by atoms with Crippen molar-refractivity contribution in [2.45, 2.75) is 6.92 Å². The Morgan fingerprint density at radius 3 is 2.00 bits per heavy atom. The van der Waals surface area contributed by atoms with Crippen molar-refractivity contribution >= 4 is 39.1 Å². The zero-order valence-electron chi connectivity index (χ0n) is 17.7. The maximum Gasteiger partial charge on any atom is 0.238 e. The van der Waals surface area contributed by atoms with Crippen LogP contribution in [0.4, 0.5) is 11.4 Å². The van der Waals surface area contributed by atoms with Crippen molar-refractivity contribution in [2.24, 2.45) is 0 Å². The Hall–Kier alpha value is -2.78. The van der Waals surface area contributed by atoms with E-state index in [2.05, 4.69) is 26.6 Å². The number of methoxy groups -OCH3 is 3. The fraction of sp³-hybridized carbons (Fsp3) is 0.333. The van der Waals surface area contributed by atoms with Gasteiger partial charge in [-0.15, -0.1) is 0 Å². The Morgan fingerprint density at radius 1 is 0.933 bits per heavy atom. The zero-order valence-corrected chi connectivity index (χ0v) is 19.3. The summed E-state index contributed by atoms with van der Waals surface area (Å²) in [6.07, 6.45) is 0. The molecule has 0 radical (unpaired) electrons. The van der Waals surface area contributed by atoms with E-state index in [1.165, 1.54) is 21.3 Å². The third-order valence-electron chi connectivity index (χ3n) is 4.24. The summed E-state index contributed by atoms with van der Waals surface area (Å²) < 4.78 is 16.8. The van der Waals surface area contributed by atoms with Crippen molar-refractivity contribution in [3.63, 3.8) is 0 Å². The van der Waals surface area contributed by atoms with Gasteiger partial charge in [0.25, 0.3) is 0 Å². The van der Waals surface area contributed by atoms with Gasteiger partial charge in [0.15, 0.2) is 11.5 Å². The van der Waals surface area contributed by atoms with Gasteiger partial charge >= 0.3 is 0 Å². The molecule has 0 bridgehead atoms. The maximum atomic E-state index is 12.4. The first-order chi connectivity index (χ1) is 14.3. The van der Waals surface area contributed by atoms with Crippen LogP contribution in [0.3, 0.4) is 0 Å². The SMILES string of the molecule is COc1cc(NC(=O)CN(C)CC(=O)Nc2ccc(Br)cc2C)cc(OC)c1OC. The number of rotatable bonds is 9. The van der Waals surface area contributed by atoms with Gasteiger partial charge in [0.2, 0.25) is 17.6 Å². The summed E-state index contributed by atoms with van der Waals surface area (Å²) in [6.45, 7) is 2.01. The van der Waals surface area contributed by atoms with E-state index in [9.17, 15) is 9.59 Å². The number of amides is 2.